The molecule has 4 N–H and O–H groups in total. The topological polar surface area (TPSA) is 103 Å². The first-order valence-electron chi connectivity index (χ1n) is 11.2. The van der Waals surface area contributed by atoms with Crippen molar-refractivity contribution >= 4 is 26.7 Å². The summed E-state index contributed by atoms with van der Waals surface area (Å²) < 4.78 is 28.1. The highest BCUT2D eigenvalue weighted by molar-refractivity contribution is 7.86. The van der Waals surface area contributed by atoms with Crippen LogP contribution < -0.4 is 14.8 Å². The van der Waals surface area contributed by atoms with Crippen LogP contribution in [0.4, 0.5) is 5.69 Å². The Balaban J connectivity index is 1.58. The molecule has 1 heterocycles. The van der Waals surface area contributed by atoms with Gasteiger partial charge in [0.1, 0.15) is 0 Å². The molecule has 178 valence electrons. The average molecular weight is 472 g/mol. The van der Waals surface area contributed by atoms with Gasteiger partial charge in [0.25, 0.3) is 0 Å². The summed E-state index contributed by atoms with van der Waals surface area (Å²) in [6, 6.07) is 13.3. The molecule has 1 aromatic heterocycles. The van der Waals surface area contributed by atoms with Crippen molar-refractivity contribution in [2.75, 3.05) is 24.7 Å². The molecule has 0 unspecified atom stereocenters. The zero-order valence-corrected chi connectivity index (χ0v) is 20.2. The normalized spacial score (nSPS) is 13.9. The fourth-order valence-electron chi connectivity index (χ4n) is 3.70. The number of aromatic nitrogens is 1. The number of benzene rings is 2. The molecule has 0 saturated carbocycles. The Morgan fingerprint density at radius 2 is 1.97 bits per heavy atom. The minimum absolute atomic E-state index is 0.0959. The Labute approximate surface area is 196 Å². The van der Waals surface area contributed by atoms with Gasteiger partial charge in [0.05, 0.1) is 17.9 Å². The average Bonchev–Trinajstić information content (AvgIpc) is 3.18. The van der Waals surface area contributed by atoms with Gasteiger partial charge in [-0.3, -0.25) is 0 Å². The summed E-state index contributed by atoms with van der Waals surface area (Å²) in [5.41, 5.74) is 3.54. The fraction of sp³-hybridized carbons (Fsp3) is 0.360. The molecule has 33 heavy (non-hydrogen) atoms. The molecular formula is C25H33N3O4S. The number of H-pyrrole nitrogens is 1. The van der Waals surface area contributed by atoms with Gasteiger partial charge in [-0.15, -0.1) is 0 Å². The number of anilines is 1. The number of aromatic amines is 1. The molecule has 0 aliphatic rings. The van der Waals surface area contributed by atoms with Crippen LogP contribution in [0.15, 0.2) is 60.8 Å². The highest BCUT2D eigenvalue weighted by atomic mass is 32.2. The molecule has 0 fully saturated rings. The molecule has 7 nitrogen and oxygen atoms in total. The van der Waals surface area contributed by atoms with Crippen LogP contribution >= 0.6 is 0 Å². The van der Waals surface area contributed by atoms with E-state index in [-0.39, 0.29) is 11.8 Å². The molecule has 3 rings (SSSR count). The van der Waals surface area contributed by atoms with Crippen LogP contribution in [-0.2, 0) is 16.5 Å². The molecule has 0 aliphatic carbocycles. The van der Waals surface area contributed by atoms with Crippen molar-refractivity contribution in [3.63, 3.8) is 0 Å². The Bertz CT molecular complexity index is 1190. The number of hydrogen-bond acceptors (Lipinski definition) is 6. The van der Waals surface area contributed by atoms with Crippen LogP contribution in [0.5, 0.6) is 5.75 Å². The molecule has 0 aliphatic heterocycles. The number of allylic oxidation sites excluding steroid dienone is 1. The SMILES string of the molecule is CC/C=C/CNc1cccc([C@@H](O)CN[C@H](C)Cc2c[nH]c3c(OS(C)(=O)=O)cccc23)c1. The highest BCUT2D eigenvalue weighted by Crippen LogP contribution is 2.29. The van der Waals surface area contributed by atoms with Gasteiger partial charge in [0.2, 0.25) is 0 Å². The summed E-state index contributed by atoms with van der Waals surface area (Å²) in [6.45, 7) is 5.33. The summed E-state index contributed by atoms with van der Waals surface area (Å²) in [5, 5.41) is 18.3. The lowest BCUT2D eigenvalue weighted by Crippen LogP contribution is -2.32. The van der Waals surface area contributed by atoms with Crippen molar-refractivity contribution in [1.29, 1.82) is 0 Å². The van der Waals surface area contributed by atoms with Crippen molar-refractivity contribution in [2.24, 2.45) is 0 Å². The summed E-state index contributed by atoms with van der Waals surface area (Å²) in [4.78, 5) is 3.13. The van der Waals surface area contributed by atoms with Crippen LogP contribution in [0.25, 0.3) is 10.9 Å². The Morgan fingerprint density at radius 1 is 1.18 bits per heavy atom. The third-order valence-corrected chi connectivity index (χ3v) is 5.77. The molecular weight excluding hydrogens is 438 g/mol. The summed E-state index contributed by atoms with van der Waals surface area (Å²) in [6.07, 6.45) is 8.20. The number of nitrogens with one attached hydrogen (secondary N) is 3. The van der Waals surface area contributed by atoms with Crippen molar-refractivity contribution in [1.82, 2.24) is 10.3 Å². The van der Waals surface area contributed by atoms with Gasteiger partial charge in [-0.1, -0.05) is 43.3 Å². The number of aliphatic hydroxyl groups is 1. The number of aliphatic hydroxyl groups excluding tert-OH is 1. The molecule has 0 saturated heterocycles. The predicted molar refractivity (Wildman–Crippen MR) is 134 cm³/mol. The quantitative estimate of drug-likeness (QED) is 0.234. The second-order valence-corrected chi connectivity index (χ2v) is 9.77. The monoisotopic (exact) mass is 471 g/mol. The maximum absolute atomic E-state index is 11.5. The third kappa shape index (κ3) is 7.35. The van der Waals surface area contributed by atoms with Crippen molar-refractivity contribution in [3.05, 3.63) is 71.9 Å². The lowest BCUT2D eigenvalue weighted by atomic mass is 10.0. The second-order valence-electron chi connectivity index (χ2n) is 8.20. The van der Waals surface area contributed by atoms with Gasteiger partial charge < -0.3 is 24.9 Å². The van der Waals surface area contributed by atoms with Crippen LogP contribution in [0.3, 0.4) is 0 Å². The zero-order chi connectivity index (χ0) is 23.8. The minimum atomic E-state index is -3.61. The van der Waals surface area contributed by atoms with Crippen molar-refractivity contribution < 1.29 is 17.7 Å². The van der Waals surface area contributed by atoms with Crippen molar-refractivity contribution in [2.45, 2.75) is 38.8 Å². The maximum atomic E-state index is 11.5. The molecule has 0 radical (unpaired) electrons. The summed E-state index contributed by atoms with van der Waals surface area (Å²) in [5.74, 6) is 0.288. The fourth-order valence-corrected chi connectivity index (χ4v) is 4.17. The number of hydrogen-bond donors (Lipinski definition) is 4. The number of fused-ring (bicyclic) bond motifs is 1. The predicted octanol–water partition coefficient (Wildman–Crippen LogP) is 4.14. The van der Waals surface area contributed by atoms with Gasteiger partial charge in [0, 0.05) is 36.4 Å². The van der Waals surface area contributed by atoms with E-state index >= 15 is 0 Å². The van der Waals surface area contributed by atoms with Crippen LogP contribution in [0, 0.1) is 0 Å². The van der Waals surface area contributed by atoms with E-state index in [0.29, 0.717) is 18.5 Å². The lowest BCUT2D eigenvalue weighted by Gasteiger charge is -2.18. The molecule has 2 aromatic carbocycles. The molecule has 8 heteroatoms. The summed E-state index contributed by atoms with van der Waals surface area (Å²) in [7, 11) is -3.61. The largest absolute Gasteiger partial charge is 0.387 e. The van der Waals surface area contributed by atoms with E-state index in [9.17, 15) is 13.5 Å². The van der Waals surface area contributed by atoms with Gasteiger partial charge in [-0.05, 0) is 49.1 Å². The van der Waals surface area contributed by atoms with E-state index < -0.39 is 16.2 Å². The standard InChI is InChI=1S/C25H33N3O4S/c1-4-5-6-13-26-21-10-7-9-19(15-21)23(29)17-27-18(2)14-20-16-28-25-22(20)11-8-12-24(25)32-33(3,30)31/h5-12,15-16,18,23,26-29H,4,13-14,17H2,1-3H3/b6-5+/t18-,23+/m1/s1. The number of rotatable bonds is 12. The Morgan fingerprint density at radius 3 is 2.73 bits per heavy atom. The van der Waals surface area contributed by atoms with E-state index in [2.05, 4.69) is 41.6 Å². The van der Waals surface area contributed by atoms with Gasteiger partial charge in [-0.2, -0.15) is 8.42 Å². The third-order valence-electron chi connectivity index (χ3n) is 5.29. The van der Waals surface area contributed by atoms with E-state index in [1.807, 2.05) is 36.5 Å². The van der Waals surface area contributed by atoms with Crippen molar-refractivity contribution in [3.8, 4) is 5.75 Å². The van der Waals surface area contributed by atoms with Crippen LogP contribution in [0.1, 0.15) is 37.5 Å². The van der Waals surface area contributed by atoms with E-state index in [4.69, 9.17) is 4.18 Å². The van der Waals surface area contributed by atoms with E-state index in [1.54, 1.807) is 12.1 Å². The maximum Gasteiger partial charge on any atom is 0.306 e. The molecule has 0 bridgehead atoms. The van der Waals surface area contributed by atoms with Gasteiger partial charge in [-0.25, -0.2) is 0 Å². The second kappa shape index (κ2) is 11.4. The first-order chi connectivity index (χ1) is 15.8. The van der Waals surface area contributed by atoms with E-state index in [0.717, 1.165) is 41.4 Å². The first-order valence-corrected chi connectivity index (χ1v) is 13.0. The van der Waals surface area contributed by atoms with Gasteiger partial charge in [0.15, 0.2) is 5.75 Å². The minimum Gasteiger partial charge on any atom is -0.387 e. The van der Waals surface area contributed by atoms with Crippen LogP contribution in [0.2, 0.25) is 0 Å². The molecule has 2 atom stereocenters. The highest BCUT2D eigenvalue weighted by Gasteiger charge is 2.15. The Kier molecular flexibility index (Phi) is 8.55. The molecule has 3 aromatic rings. The first kappa shape index (κ1) is 24.8. The molecule has 0 amide bonds. The van der Waals surface area contributed by atoms with Crippen LogP contribution in [-0.4, -0.2) is 43.9 Å². The van der Waals surface area contributed by atoms with Gasteiger partial charge >= 0.3 is 10.1 Å². The number of para-hydroxylation sites is 1. The lowest BCUT2D eigenvalue weighted by molar-refractivity contribution is 0.170. The summed E-state index contributed by atoms with van der Waals surface area (Å²) >= 11 is 0. The molecule has 0 spiro atoms. The zero-order valence-electron chi connectivity index (χ0n) is 19.3. The smallest absolute Gasteiger partial charge is 0.306 e. The van der Waals surface area contributed by atoms with E-state index in [1.165, 1.54) is 0 Å². The Hall–Kier alpha value is -2.81.